The fourth-order valence-corrected chi connectivity index (χ4v) is 2.70. The van der Waals surface area contributed by atoms with Crippen LogP contribution in [0.25, 0.3) is 11.4 Å². The van der Waals surface area contributed by atoms with Crippen molar-refractivity contribution in [3.63, 3.8) is 0 Å². The van der Waals surface area contributed by atoms with E-state index in [0.717, 1.165) is 42.8 Å². The van der Waals surface area contributed by atoms with Gasteiger partial charge in [-0.3, -0.25) is 4.79 Å². The molecule has 3 rings (SSSR count). The summed E-state index contributed by atoms with van der Waals surface area (Å²) >= 11 is 0. The van der Waals surface area contributed by atoms with E-state index in [1.54, 1.807) is 0 Å². The second kappa shape index (κ2) is 7.42. The highest BCUT2D eigenvalue weighted by atomic mass is 16.1. The molecular formula is C17H24N6O. The van der Waals surface area contributed by atoms with Crippen LogP contribution in [-0.4, -0.2) is 38.7 Å². The second-order valence-electron chi connectivity index (χ2n) is 6.37. The Kier molecular flexibility index (Phi) is 5.08. The Morgan fingerprint density at radius 3 is 2.75 bits per heavy atom. The van der Waals surface area contributed by atoms with Crippen LogP contribution in [0.5, 0.6) is 0 Å². The molecule has 1 aromatic heterocycles. The van der Waals surface area contributed by atoms with E-state index in [1.807, 2.05) is 35.9 Å². The molecule has 1 aromatic carbocycles. The van der Waals surface area contributed by atoms with Gasteiger partial charge in [0.05, 0.1) is 12.6 Å². The number of tetrazole rings is 1. The summed E-state index contributed by atoms with van der Waals surface area (Å²) in [6.07, 6.45) is 4.35. The summed E-state index contributed by atoms with van der Waals surface area (Å²) in [6, 6.07) is 8.51. The number of carbonyl (C=O) groups excluding carboxylic acids is 1. The monoisotopic (exact) mass is 328 g/mol. The topological polar surface area (TPSA) is 84.7 Å². The van der Waals surface area contributed by atoms with Gasteiger partial charge in [-0.15, -0.1) is 5.10 Å². The molecule has 0 radical (unpaired) electrons. The minimum absolute atomic E-state index is 0.0118. The van der Waals surface area contributed by atoms with E-state index in [0.29, 0.717) is 6.04 Å². The molecule has 0 spiro atoms. The summed E-state index contributed by atoms with van der Waals surface area (Å²) in [5.74, 6) is 0.813. The van der Waals surface area contributed by atoms with Crippen molar-refractivity contribution in [3.8, 4) is 11.4 Å². The quantitative estimate of drug-likeness (QED) is 0.777. The molecule has 0 unspecified atom stereocenters. The van der Waals surface area contributed by atoms with Gasteiger partial charge in [-0.2, -0.15) is 0 Å². The van der Waals surface area contributed by atoms with Gasteiger partial charge >= 0.3 is 0 Å². The van der Waals surface area contributed by atoms with Gasteiger partial charge in [0.15, 0.2) is 5.82 Å². The third kappa shape index (κ3) is 4.10. The van der Waals surface area contributed by atoms with Gasteiger partial charge in [-0.25, -0.2) is 4.68 Å². The molecule has 0 aliphatic heterocycles. The molecule has 1 saturated carbocycles. The highest BCUT2D eigenvalue weighted by molar-refractivity contribution is 5.81. The van der Waals surface area contributed by atoms with Gasteiger partial charge in [0.2, 0.25) is 5.91 Å². The van der Waals surface area contributed by atoms with Crippen molar-refractivity contribution in [2.75, 3.05) is 11.9 Å². The van der Waals surface area contributed by atoms with Crippen LogP contribution < -0.4 is 10.6 Å². The Morgan fingerprint density at radius 2 is 2.08 bits per heavy atom. The lowest BCUT2D eigenvalue weighted by Gasteiger charge is -2.13. The Hall–Kier alpha value is -2.44. The average molecular weight is 328 g/mol. The van der Waals surface area contributed by atoms with Gasteiger partial charge in [0.25, 0.3) is 0 Å². The zero-order valence-corrected chi connectivity index (χ0v) is 14.2. The van der Waals surface area contributed by atoms with Crippen molar-refractivity contribution in [3.05, 3.63) is 24.3 Å². The summed E-state index contributed by atoms with van der Waals surface area (Å²) in [5.41, 5.74) is 1.89. The predicted molar refractivity (Wildman–Crippen MR) is 92.5 cm³/mol. The summed E-state index contributed by atoms with van der Waals surface area (Å²) in [5, 5.41) is 18.1. The van der Waals surface area contributed by atoms with Crippen LogP contribution in [0.2, 0.25) is 0 Å². The van der Waals surface area contributed by atoms with Gasteiger partial charge < -0.3 is 10.6 Å². The van der Waals surface area contributed by atoms with Crippen molar-refractivity contribution in [2.24, 2.45) is 0 Å². The summed E-state index contributed by atoms with van der Waals surface area (Å²) in [7, 11) is 0. The van der Waals surface area contributed by atoms with Gasteiger partial charge in [0.1, 0.15) is 0 Å². The predicted octanol–water partition coefficient (Wildman–Crippen LogP) is 2.39. The Balaban J connectivity index is 1.55. The van der Waals surface area contributed by atoms with E-state index >= 15 is 0 Å². The number of hydrogen-bond donors (Lipinski definition) is 2. The van der Waals surface area contributed by atoms with Crippen molar-refractivity contribution < 1.29 is 4.79 Å². The lowest BCUT2D eigenvalue weighted by molar-refractivity contribution is -0.120. The number of amides is 1. The number of aromatic nitrogens is 4. The molecule has 24 heavy (non-hydrogen) atoms. The normalized spacial score (nSPS) is 15.1. The molecular weight excluding hydrogens is 304 g/mol. The van der Waals surface area contributed by atoms with Crippen LogP contribution >= 0.6 is 0 Å². The Bertz CT molecular complexity index is 677. The number of carbonyl (C=O) groups is 1. The van der Waals surface area contributed by atoms with E-state index in [4.69, 9.17) is 0 Å². The van der Waals surface area contributed by atoms with Gasteiger partial charge in [-0.05, 0) is 60.9 Å². The molecule has 1 heterocycles. The molecule has 2 N–H and O–H groups in total. The van der Waals surface area contributed by atoms with Gasteiger partial charge in [-0.1, -0.05) is 13.3 Å². The van der Waals surface area contributed by atoms with Crippen molar-refractivity contribution >= 4 is 11.6 Å². The molecule has 2 aromatic rings. The molecule has 1 fully saturated rings. The Labute approximate surface area is 141 Å². The smallest absolute Gasteiger partial charge is 0.239 e. The first-order valence-electron chi connectivity index (χ1n) is 8.59. The minimum atomic E-state index is 0.0118. The van der Waals surface area contributed by atoms with Crippen LogP contribution in [0, 0.1) is 0 Å². The lowest BCUT2D eigenvalue weighted by atomic mass is 10.2. The molecule has 1 aliphatic rings. The zero-order valence-electron chi connectivity index (χ0n) is 14.2. The number of nitrogens with one attached hydrogen (secondary N) is 2. The molecule has 1 aliphatic carbocycles. The molecule has 1 atom stereocenters. The van der Waals surface area contributed by atoms with Crippen molar-refractivity contribution in [1.29, 1.82) is 0 Å². The molecule has 7 heteroatoms. The minimum Gasteiger partial charge on any atom is -0.376 e. The first kappa shape index (κ1) is 16.4. The third-order valence-electron chi connectivity index (χ3n) is 4.11. The second-order valence-corrected chi connectivity index (χ2v) is 6.37. The highest BCUT2D eigenvalue weighted by Gasteiger charge is 2.28. The maximum Gasteiger partial charge on any atom is 0.239 e. The van der Waals surface area contributed by atoms with Crippen molar-refractivity contribution in [1.82, 2.24) is 25.5 Å². The standard InChI is InChI=1S/C17H24N6O/c1-3-4-12(2)19-16(24)11-18-14-7-5-13(6-8-14)17-20-21-22-23(17)15-9-10-15/h5-8,12,15,18H,3-4,9-11H2,1-2H3,(H,19,24)/t12-/m1/s1. The van der Waals surface area contributed by atoms with Crippen LogP contribution in [0.3, 0.4) is 0 Å². The zero-order chi connectivity index (χ0) is 16.9. The summed E-state index contributed by atoms with van der Waals surface area (Å²) in [4.78, 5) is 11.9. The number of rotatable bonds is 8. The van der Waals surface area contributed by atoms with Gasteiger partial charge in [0, 0.05) is 17.3 Å². The number of nitrogens with zero attached hydrogens (tertiary/aromatic N) is 4. The summed E-state index contributed by atoms with van der Waals surface area (Å²) in [6.45, 7) is 4.41. The van der Waals surface area contributed by atoms with Crippen LogP contribution in [0.15, 0.2) is 24.3 Å². The van der Waals surface area contributed by atoms with Crippen LogP contribution in [-0.2, 0) is 4.79 Å². The number of anilines is 1. The van der Waals surface area contributed by atoms with E-state index in [2.05, 4.69) is 33.1 Å². The average Bonchev–Trinajstić information content (AvgIpc) is 3.30. The molecule has 1 amide bonds. The number of benzene rings is 1. The Morgan fingerprint density at radius 1 is 1.33 bits per heavy atom. The van der Waals surface area contributed by atoms with Crippen molar-refractivity contribution in [2.45, 2.75) is 51.6 Å². The molecule has 0 saturated heterocycles. The fourth-order valence-electron chi connectivity index (χ4n) is 2.70. The van der Waals surface area contributed by atoms with E-state index in [-0.39, 0.29) is 18.5 Å². The van der Waals surface area contributed by atoms with E-state index in [9.17, 15) is 4.79 Å². The largest absolute Gasteiger partial charge is 0.376 e. The fraction of sp³-hybridized carbons (Fsp3) is 0.529. The van der Waals surface area contributed by atoms with Crippen LogP contribution in [0.1, 0.15) is 45.6 Å². The lowest BCUT2D eigenvalue weighted by Crippen LogP contribution is -2.36. The maximum absolute atomic E-state index is 11.9. The first-order chi connectivity index (χ1) is 11.7. The van der Waals surface area contributed by atoms with Crippen LogP contribution in [0.4, 0.5) is 5.69 Å². The highest BCUT2D eigenvalue weighted by Crippen LogP contribution is 2.36. The summed E-state index contributed by atoms with van der Waals surface area (Å²) < 4.78 is 1.89. The molecule has 0 bridgehead atoms. The van der Waals surface area contributed by atoms with E-state index in [1.165, 1.54) is 0 Å². The molecule has 128 valence electrons. The third-order valence-corrected chi connectivity index (χ3v) is 4.11. The molecule has 7 nitrogen and oxygen atoms in total. The maximum atomic E-state index is 11.9. The number of hydrogen-bond acceptors (Lipinski definition) is 5. The first-order valence-corrected chi connectivity index (χ1v) is 8.59. The van der Waals surface area contributed by atoms with E-state index < -0.39 is 0 Å². The SMILES string of the molecule is CCC[C@@H](C)NC(=O)CNc1ccc(-c2nnnn2C2CC2)cc1.